The second-order valence-corrected chi connectivity index (χ2v) is 5.94. The lowest BCUT2D eigenvalue weighted by atomic mass is 9.86. The van der Waals surface area contributed by atoms with E-state index in [1.54, 1.807) is 0 Å². The molecule has 1 rings (SSSR count). The van der Waals surface area contributed by atoms with Crippen LogP contribution >= 0.6 is 12.4 Å². The van der Waals surface area contributed by atoms with Crippen molar-refractivity contribution in [3.05, 3.63) is 0 Å². The molecule has 0 aromatic carbocycles. The number of nitrogens with zero attached hydrogens (tertiary/aromatic N) is 1. The summed E-state index contributed by atoms with van der Waals surface area (Å²) in [6.07, 6.45) is 6.06. The van der Waals surface area contributed by atoms with Crippen LogP contribution in [0.2, 0.25) is 0 Å². The topological polar surface area (TPSA) is 46.3 Å². The number of likely N-dealkylation sites (tertiary alicyclic amines) is 1. The van der Waals surface area contributed by atoms with Crippen LogP contribution in [0.1, 0.15) is 52.9 Å². The molecule has 1 atom stereocenters. The standard InChI is InChI=1S/C13H26N2O.ClH/c1-13(2,3)11(14)12(16)15-9-7-5-4-6-8-10-15;/h11H,4-10,14H2,1-3H3;1H. The Hall–Kier alpha value is -0.280. The number of halogens is 1. The highest BCUT2D eigenvalue weighted by Gasteiger charge is 2.30. The number of nitrogens with two attached hydrogens (primary N) is 1. The molecule has 3 nitrogen and oxygen atoms in total. The average Bonchev–Trinajstić information content (AvgIpc) is 2.13. The van der Waals surface area contributed by atoms with Crippen molar-refractivity contribution in [3.8, 4) is 0 Å². The third-order valence-corrected chi connectivity index (χ3v) is 3.37. The largest absolute Gasteiger partial charge is 0.341 e. The first-order valence-corrected chi connectivity index (χ1v) is 6.47. The average molecular weight is 263 g/mol. The Labute approximate surface area is 112 Å². The van der Waals surface area contributed by atoms with Crippen molar-refractivity contribution in [1.29, 1.82) is 0 Å². The lowest BCUT2D eigenvalue weighted by Gasteiger charge is -2.33. The van der Waals surface area contributed by atoms with Crippen molar-refractivity contribution in [2.75, 3.05) is 13.1 Å². The minimum absolute atomic E-state index is 0. The van der Waals surface area contributed by atoms with Crippen molar-refractivity contribution in [2.24, 2.45) is 11.1 Å². The molecule has 1 aliphatic rings. The Morgan fingerprint density at radius 1 is 1.06 bits per heavy atom. The van der Waals surface area contributed by atoms with Crippen LogP contribution in [-0.4, -0.2) is 29.9 Å². The minimum Gasteiger partial charge on any atom is -0.341 e. The summed E-state index contributed by atoms with van der Waals surface area (Å²) >= 11 is 0. The fourth-order valence-corrected chi connectivity index (χ4v) is 2.03. The summed E-state index contributed by atoms with van der Waals surface area (Å²) in [6.45, 7) is 7.87. The van der Waals surface area contributed by atoms with Crippen LogP contribution < -0.4 is 5.73 Å². The zero-order valence-electron chi connectivity index (χ0n) is 11.4. The first-order chi connectivity index (χ1) is 7.43. The predicted molar refractivity (Wildman–Crippen MR) is 74.3 cm³/mol. The Morgan fingerprint density at radius 3 is 1.88 bits per heavy atom. The van der Waals surface area contributed by atoms with Gasteiger partial charge in [0.05, 0.1) is 6.04 Å². The molecule has 1 fully saturated rings. The molecule has 0 spiro atoms. The van der Waals surface area contributed by atoms with Crippen LogP contribution in [0.15, 0.2) is 0 Å². The zero-order chi connectivity index (χ0) is 12.2. The van der Waals surface area contributed by atoms with Gasteiger partial charge in [0.25, 0.3) is 0 Å². The second kappa shape index (κ2) is 7.22. The SMILES string of the molecule is CC(C)(C)C(N)C(=O)N1CCCCCCC1.Cl. The van der Waals surface area contributed by atoms with E-state index in [4.69, 9.17) is 5.73 Å². The maximum Gasteiger partial charge on any atom is 0.240 e. The van der Waals surface area contributed by atoms with Gasteiger partial charge >= 0.3 is 0 Å². The molecule has 1 amide bonds. The van der Waals surface area contributed by atoms with Crippen LogP contribution in [0.5, 0.6) is 0 Å². The summed E-state index contributed by atoms with van der Waals surface area (Å²) in [7, 11) is 0. The van der Waals surface area contributed by atoms with E-state index in [0.29, 0.717) is 0 Å². The van der Waals surface area contributed by atoms with Gasteiger partial charge in [-0.25, -0.2) is 0 Å². The van der Waals surface area contributed by atoms with Gasteiger partial charge in [0, 0.05) is 13.1 Å². The molecule has 0 saturated carbocycles. The van der Waals surface area contributed by atoms with Gasteiger partial charge in [-0.15, -0.1) is 12.4 Å². The van der Waals surface area contributed by atoms with E-state index in [9.17, 15) is 4.79 Å². The third kappa shape index (κ3) is 5.26. The van der Waals surface area contributed by atoms with Gasteiger partial charge in [0.15, 0.2) is 0 Å². The summed E-state index contributed by atoms with van der Waals surface area (Å²) in [5.74, 6) is 0.134. The van der Waals surface area contributed by atoms with Crippen LogP contribution in [0, 0.1) is 5.41 Å². The van der Waals surface area contributed by atoms with Crippen LogP contribution in [0.3, 0.4) is 0 Å². The van der Waals surface area contributed by atoms with Crippen LogP contribution in [-0.2, 0) is 4.79 Å². The van der Waals surface area contributed by atoms with Gasteiger partial charge in [-0.05, 0) is 18.3 Å². The molecule has 0 aromatic heterocycles. The molecule has 102 valence electrons. The zero-order valence-corrected chi connectivity index (χ0v) is 12.2. The van der Waals surface area contributed by atoms with Crippen LogP contribution in [0.4, 0.5) is 0 Å². The number of carbonyl (C=O) groups is 1. The van der Waals surface area contributed by atoms with E-state index in [2.05, 4.69) is 0 Å². The molecular weight excluding hydrogens is 236 g/mol. The van der Waals surface area contributed by atoms with Crippen LogP contribution in [0.25, 0.3) is 0 Å². The monoisotopic (exact) mass is 262 g/mol. The molecule has 4 heteroatoms. The number of hydrogen-bond acceptors (Lipinski definition) is 2. The predicted octanol–water partition coefficient (Wildman–Crippen LogP) is 2.57. The third-order valence-electron chi connectivity index (χ3n) is 3.37. The summed E-state index contributed by atoms with van der Waals surface area (Å²) in [6, 6.07) is -0.369. The summed E-state index contributed by atoms with van der Waals surface area (Å²) in [5, 5.41) is 0. The summed E-state index contributed by atoms with van der Waals surface area (Å²) in [4.78, 5) is 14.2. The highest BCUT2D eigenvalue weighted by Crippen LogP contribution is 2.20. The van der Waals surface area contributed by atoms with Gasteiger partial charge in [0.1, 0.15) is 0 Å². The number of hydrogen-bond donors (Lipinski definition) is 1. The Bertz CT molecular complexity index is 230. The van der Waals surface area contributed by atoms with Gasteiger partial charge in [-0.1, -0.05) is 40.0 Å². The molecule has 0 bridgehead atoms. The van der Waals surface area contributed by atoms with E-state index in [-0.39, 0.29) is 29.8 Å². The maximum absolute atomic E-state index is 12.2. The molecule has 0 radical (unpaired) electrons. The summed E-state index contributed by atoms with van der Waals surface area (Å²) in [5.41, 5.74) is 5.88. The van der Waals surface area contributed by atoms with E-state index in [1.807, 2.05) is 25.7 Å². The second-order valence-electron chi connectivity index (χ2n) is 5.94. The normalized spacial score (nSPS) is 19.9. The number of amides is 1. The van der Waals surface area contributed by atoms with E-state index < -0.39 is 0 Å². The maximum atomic E-state index is 12.2. The van der Waals surface area contributed by atoms with E-state index in [1.165, 1.54) is 19.3 Å². The van der Waals surface area contributed by atoms with E-state index in [0.717, 1.165) is 25.9 Å². The lowest BCUT2D eigenvalue weighted by Crippen LogP contribution is -2.51. The van der Waals surface area contributed by atoms with Gasteiger partial charge in [-0.3, -0.25) is 4.79 Å². The number of rotatable bonds is 1. The van der Waals surface area contributed by atoms with Crippen molar-refractivity contribution < 1.29 is 4.79 Å². The first kappa shape index (κ1) is 16.7. The van der Waals surface area contributed by atoms with Gasteiger partial charge in [0.2, 0.25) is 5.91 Å². The molecule has 0 aromatic rings. The van der Waals surface area contributed by atoms with Crippen molar-refractivity contribution >= 4 is 18.3 Å². The highest BCUT2D eigenvalue weighted by atomic mass is 35.5. The van der Waals surface area contributed by atoms with E-state index >= 15 is 0 Å². The molecule has 2 N–H and O–H groups in total. The Kier molecular flexibility index (Phi) is 7.10. The molecule has 0 aliphatic carbocycles. The Morgan fingerprint density at radius 2 is 1.47 bits per heavy atom. The molecule has 1 aliphatic heterocycles. The van der Waals surface area contributed by atoms with Gasteiger partial charge < -0.3 is 10.6 Å². The van der Waals surface area contributed by atoms with Crippen molar-refractivity contribution in [1.82, 2.24) is 4.90 Å². The quantitative estimate of drug-likeness (QED) is 0.790. The first-order valence-electron chi connectivity index (χ1n) is 6.47. The summed E-state index contributed by atoms with van der Waals surface area (Å²) < 4.78 is 0. The van der Waals surface area contributed by atoms with Gasteiger partial charge in [-0.2, -0.15) is 0 Å². The highest BCUT2D eigenvalue weighted by molar-refractivity contribution is 5.85. The number of carbonyl (C=O) groups excluding carboxylic acids is 1. The molecule has 1 unspecified atom stereocenters. The fourth-order valence-electron chi connectivity index (χ4n) is 2.03. The lowest BCUT2D eigenvalue weighted by molar-refractivity contribution is -0.135. The minimum atomic E-state index is -0.369. The fraction of sp³-hybridized carbons (Fsp3) is 0.923. The molecular formula is C13H27ClN2O. The molecule has 1 saturated heterocycles. The van der Waals surface area contributed by atoms with Crippen molar-refractivity contribution in [3.63, 3.8) is 0 Å². The Balaban J connectivity index is 0.00000256. The molecule has 17 heavy (non-hydrogen) atoms. The molecule has 1 heterocycles. The van der Waals surface area contributed by atoms with Crippen molar-refractivity contribution in [2.45, 2.75) is 58.9 Å². The smallest absolute Gasteiger partial charge is 0.240 e.